The molecular formula is C16H23N5O2. The lowest BCUT2D eigenvalue weighted by Crippen LogP contribution is -2.46. The first-order chi connectivity index (χ1) is 11.1. The number of aromatic nitrogens is 1. The fourth-order valence-corrected chi connectivity index (χ4v) is 3.54. The van der Waals surface area contributed by atoms with Gasteiger partial charge < -0.3 is 15.5 Å². The number of hydrogen-bond acceptors (Lipinski definition) is 4. The average Bonchev–Trinajstić information content (AvgIpc) is 2.81. The van der Waals surface area contributed by atoms with Crippen LogP contribution in [0.15, 0.2) is 24.5 Å². The fraction of sp³-hybridized carbons (Fsp3) is 0.562. The van der Waals surface area contributed by atoms with E-state index in [1.807, 2.05) is 17.2 Å². The number of nitrogens with one attached hydrogen (secondary N) is 2. The van der Waals surface area contributed by atoms with Gasteiger partial charge in [-0.15, -0.1) is 0 Å². The maximum absolute atomic E-state index is 12.1. The topological polar surface area (TPSA) is 77.6 Å². The Hall–Kier alpha value is -2.15. The molecule has 2 aliphatic heterocycles. The van der Waals surface area contributed by atoms with Gasteiger partial charge in [-0.1, -0.05) is 6.07 Å². The van der Waals surface area contributed by atoms with Crippen LogP contribution in [0.2, 0.25) is 0 Å². The molecule has 0 aromatic carbocycles. The monoisotopic (exact) mass is 317 g/mol. The fourth-order valence-electron chi connectivity index (χ4n) is 3.54. The zero-order valence-corrected chi connectivity index (χ0v) is 13.4. The molecule has 7 nitrogen and oxygen atoms in total. The summed E-state index contributed by atoms with van der Waals surface area (Å²) in [5.41, 5.74) is 0.941. The van der Waals surface area contributed by atoms with E-state index in [0.717, 1.165) is 25.2 Å². The van der Waals surface area contributed by atoms with Crippen molar-refractivity contribution in [1.29, 1.82) is 0 Å². The minimum Gasteiger partial charge on any atom is -0.355 e. The van der Waals surface area contributed by atoms with Crippen LogP contribution >= 0.6 is 0 Å². The number of amides is 3. The van der Waals surface area contributed by atoms with Crippen LogP contribution in [-0.2, 0) is 11.3 Å². The Labute approximate surface area is 136 Å². The first kappa shape index (κ1) is 15.7. The molecule has 0 unspecified atom stereocenters. The molecule has 1 aromatic rings. The van der Waals surface area contributed by atoms with Crippen LogP contribution in [0.5, 0.6) is 0 Å². The highest BCUT2D eigenvalue weighted by Crippen LogP contribution is 2.31. The maximum atomic E-state index is 12.1. The van der Waals surface area contributed by atoms with Crippen molar-refractivity contribution in [3.8, 4) is 0 Å². The molecule has 0 radical (unpaired) electrons. The van der Waals surface area contributed by atoms with Crippen molar-refractivity contribution in [3.05, 3.63) is 30.1 Å². The van der Waals surface area contributed by atoms with Gasteiger partial charge in [0.25, 0.3) is 0 Å². The second-order valence-corrected chi connectivity index (χ2v) is 6.50. The average molecular weight is 317 g/mol. The van der Waals surface area contributed by atoms with Gasteiger partial charge in [0.05, 0.1) is 0 Å². The highest BCUT2D eigenvalue weighted by Gasteiger charge is 2.43. The third kappa shape index (κ3) is 3.61. The summed E-state index contributed by atoms with van der Waals surface area (Å²) >= 11 is 0. The summed E-state index contributed by atoms with van der Waals surface area (Å²) in [6, 6.07) is 3.91. The highest BCUT2D eigenvalue weighted by atomic mass is 16.2. The van der Waals surface area contributed by atoms with Gasteiger partial charge in [0.2, 0.25) is 5.91 Å². The van der Waals surface area contributed by atoms with E-state index in [1.54, 1.807) is 13.2 Å². The van der Waals surface area contributed by atoms with E-state index >= 15 is 0 Å². The molecule has 0 bridgehead atoms. The first-order valence-corrected chi connectivity index (χ1v) is 7.95. The largest absolute Gasteiger partial charge is 0.355 e. The molecule has 0 saturated carbocycles. The minimum absolute atomic E-state index is 0.0742. The standard InChI is InChI=1S/C16H23N5O2/c1-17-15(23)21-6-5-20(9-13-3-2-4-18-8-13)11-16(12-21)7-14(22)19-10-16/h2-4,8H,5-7,9-12H2,1H3,(H,17,23)(H,19,22)/t16-/m1/s1. The molecule has 2 saturated heterocycles. The van der Waals surface area contributed by atoms with Gasteiger partial charge in [-0.3, -0.25) is 14.7 Å². The Morgan fingerprint density at radius 1 is 1.43 bits per heavy atom. The van der Waals surface area contributed by atoms with Gasteiger partial charge >= 0.3 is 6.03 Å². The predicted molar refractivity (Wildman–Crippen MR) is 85.6 cm³/mol. The van der Waals surface area contributed by atoms with Crippen molar-refractivity contribution < 1.29 is 9.59 Å². The Morgan fingerprint density at radius 2 is 2.30 bits per heavy atom. The second-order valence-electron chi connectivity index (χ2n) is 6.50. The summed E-state index contributed by atoms with van der Waals surface area (Å²) in [4.78, 5) is 32.2. The summed E-state index contributed by atoms with van der Waals surface area (Å²) in [6.45, 7) is 4.27. The van der Waals surface area contributed by atoms with Gasteiger partial charge in [-0.2, -0.15) is 0 Å². The molecule has 7 heteroatoms. The van der Waals surface area contributed by atoms with Crippen LogP contribution in [0.4, 0.5) is 4.79 Å². The van der Waals surface area contributed by atoms with Crippen LogP contribution < -0.4 is 10.6 Å². The third-order valence-electron chi connectivity index (χ3n) is 4.60. The Kier molecular flexibility index (Phi) is 4.47. The summed E-state index contributed by atoms with van der Waals surface area (Å²) in [6.07, 6.45) is 4.11. The summed E-state index contributed by atoms with van der Waals surface area (Å²) < 4.78 is 0. The number of urea groups is 1. The van der Waals surface area contributed by atoms with Gasteiger partial charge in [0.1, 0.15) is 0 Å². The number of pyridine rings is 1. The first-order valence-electron chi connectivity index (χ1n) is 7.95. The quantitative estimate of drug-likeness (QED) is 0.808. The van der Waals surface area contributed by atoms with Crippen molar-refractivity contribution in [1.82, 2.24) is 25.4 Å². The predicted octanol–water partition coefficient (Wildman–Crippen LogP) is 0.0449. The van der Waals surface area contributed by atoms with Crippen molar-refractivity contribution in [2.75, 3.05) is 39.8 Å². The minimum atomic E-state index is -0.206. The van der Waals surface area contributed by atoms with Gasteiger partial charge in [-0.05, 0) is 11.6 Å². The van der Waals surface area contributed by atoms with Crippen LogP contribution in [-0.4, -0.2) is 66.5 Å². The summed E-state index contributed by atoms with van der Waals surface area (Å²) in [7, 11) is 1.64. The zero-order chi connectivity index (χ0) is 16.3. The molecule has 2 fully saturated rings. The van der Waals surface area contributed by atoms with Crippen molar-refractivity contribution >= 4 is 11.9 Å². The molecule has 3 amide bonds. The smallest absolute Gasteiger partial charge is 0.317 e. The number of carbonyl (C=O) groups excluding carboxylic acids is 2. The molecule has 0 aliphatic carbocycles. The number of rotatable bonds is 2. The van der Waals surface area contributed by atoms with E-state index in [-0.39, 0.29) is 17.4 Å². The molecule has 3 rings (SSSR count). The zero-order valence-electron chi connectivity index (χ0n) is 13.4. The highest BCUT2D eigenvalue weighted by molar-refractivity contribution is 5.80. The number of hydrogen-bond donors (Lipinski definition) is 2. The summed E-state index contributed by atoms with van der Waals surface area (Å²) in [5.74, 6) is 0.0742. The molecule has 23 heavy (non-hydrogen) atoms. The SMILES string of the molecule is CNC(=O)N1CCN(Cc2cccnc2)C[C@@]2(CNC(=O)C2)C1. The molecular weight excluding hydrogens is 294 g/mol. The number of nitrogens with zero attached hydrogens (tertiary/aromatic N) is 3. The lowest BCUT2D eigenvalue weighted by molar-refractivity contribution is -0.119. The van der Waals surface area contributed by atoms with Gasteiger partial charge in [-0.25, -0.2) is 4.79 Å². The Bertz CT molecular complexity index is 579. The second kappa shape index (κ2) is 6.54. The molecule has 1 atom stereocenters. The third-order valence-corrected chi connectivity index (χ3v) is 4.60. The van der Waals surface area contributed by atoms with Crippen molar-refractivity contribution in [2.24, 2.45) is 5.41 Å². The molecule has 124 valence electrons. The van der Waals surface area contributed by atoms with E-state index in [4.69, 9.17) is 0 Å². The van der Waals surface area contributed by atoms with E-state index in [2.05, 4.69) is 26.6 Å². The molecule has 2 aliphatic rings. The lowest BCUT2D eigenvalue weighted by atomic mass is 9.86. The van der Waals surface area contributed by atoms with Crippen LogP contribution in [0, 0.1) is 5.41 Å². The van der Waals surface area contributed by atoms with E-state index in [0.29, 0.717) is 26.1 Å². The van der Waals surface area contributed by atoms with Crippen molar-refractivity contribution in [2.45, 2.75) is 13.0 Å². The number of carbonyl (C=O) groups is 2. The van der Waals surface area contributed by atoms with E-state index < -0.39 is 0 Å². The van der Waals surface area contributed by atoms with Crippen LogP contribution in [0.1, 0.15) is 12.0 Å². The lowest BCUT2D eigenvalue weighted by Gasteiger charge is -2.32. The molecule has 2 N–H and O–H groups in total. The Balaban J connectivity index is 1.77. The van der Waals surface area contributed by atoms with Crippen molar-refractivity contribution in [3.63, 3.8) is 0 Å². The van der Waals surface area contributed by atoms with Crippen LogP contribution in [0.25, 0.3) is 0 Å². The van der Waals surface area contributed by atoms with E-state index in [1.165, 1.54) is 0 Å². The maximum Gasteiger partial charge on any atom is 0.317 e. The Morgan fingerprint density at radius 3 is 2.96 bits per heavy atom. The molecule has 1 spiro atoms. The van der Waals surface area contributed by atoms with E-state index in [9.17, 15) is 9.59 Å². The molecule has 1 aromatic heterocycles. The van der Waals surface area contributed by atoms with Crippen LogP contribution in [0.3, 0.4) is 0 Å². The van der Waals surface area contributed by atoms with Gasteiger partial charge in [0.15, 0.2) is 0 Å². The molecule has 3 heterocycles. The normalized spacial score (nSPS) is 25.3. The summed E-state index contributed by atoms with van der Waals surface area (Å²) in [5, 5.41) is 5.63. The van der Waals surface area contributed by atoms with Gasteiger partial charge in [0, 0.05) is 70.5 Å².